The molecule has 0 spiro atoms. The molecule has 0 aliphatic heterocycles. The molecule has 0 atom stereocenters. The van der Waals surface area contributed by atoms with Crippen LogP contribution in [0.4, 0.5) is 5.69 Å². The van der Waals surface area contributed by atoms with Gasteiger partial charge in [0.25, 0.3) is 0 Å². The monoisotopic (exact) mass is 670 g/mol. The summed E-state index contributed by atoms with van der Waals surface area (Å²) in [4.78, 5) is 3.72. The molecule has 0 amide bonds. The highest BCUT2D eigenvalue weighted by molar-refractivity contribution is 6.24. The van der Waals surface area contributed by atoms with E-state index in [0.717, 1.165) is 27.7 Å². The molecule has 10 aromatic carbocycles. The Hall–Kier alpha value is -7.21. The van der Waals surface area contributed by atoms with Gasteiger partial charge in [-0.1, -0.05) is 127 Å². The zero-order chi connectivity index (χ0) is 35.0. The molecule has 2 nitrogen and oxygen atoms in total. The van der Waals surface area contributed by atoms with Crippen LogP contribution in [0, 0.1) is 6.57 Å². The first-order valence-corrected chi connectivity index (χ1v) is 18.0. The minimum atomic E-state index is 0.645. The molecule has 0 unspecified atom stereocenters. The molecule has 1 heterocycles. The number of hydrogen-bond donors (Lipinski definition) is 0. The molecule has 244 valence electrons. The van der Waals surface area contributed by atoms with E-state index in [0.29, 0.717) is 5.69 Å². The molecule has 11 aromatic rings. The summed E-state index contributed by atoms with van der Waals surface area (Å²) in [5.41, 5.74) is 11.1. The Bertz CT molecular complexity index is 3200. The highest BCUT2D eigenvalue weighted by atomic mass is 15.0. The van der Waals surface area contributed by atoms with E-state index in [1.807, 2.05) is 18.2 Å². The summed E-state index contributed by atoms with van der Waals surface area (Å²) in [5.74, 6) is 0. The van der Waals surface area contributed by atoms with Crippen LogP contribution in [-0.2, 0) is 0 Å². The second kappa shape index (κ2) is 11.4. The molecule has 1 aromatic heterocycles. The van der Waals surface area contributed by atoms with Gasteiger partial charge in [0.05, 0.1) is 12.1 Å². The summed E-state index contributed by atoms with van der Waals surface area (Å²) in [5, 5.41) is 12.6. The largest absolute Gasteiger partial charge is 0.310 e. The van der Waals surface area contributed by atoms with Gasteiger partial charge in [-0.3, -0.25) is 0 Å². The fourth-order valence-corrected chi connectivity index (χ4v) is 8.51. The van der Waals surface area contributed by atoms with Gasteiger partial charge in [0, 0.05) is 22.0 Å². The van der Waals surface area contributed by atoms with Crippen molar-refractivity contribution in [2.24, 2.45) is 0 Å². The molecule has 0 bridgehead atoms. The Morgan fingerprint density at radius 3 is 1.43 bits per heavy atom. The van der Waals surface area contributed by atoms with Gasteiger partial charge in [0.1, 0.15) is 0 Å². The molecule has 0 saturated carbocycles. The Balaban J connectivity index is 0.975. The van der Waals surface area contributed by atoms with Gasteiger partial charge in [0.2, 0.25) is 0 Å². The maximum absolute atomic E-state index is 7.62. The Morgan fingerprint density at radius 2 is 0.792 bits per heavy atom. The van der Waals surface area contributed by atoms with Gasteiger partial charge in [-0.25, -0.2) is 4.85 Å². The predicted molar refractivity (Wildman–Crippen MR) is 225 cm³/mol. The van der Waals surface area contributed by atoms with Gasteiger partial charge in [0.15, 0.2) is 5.69 Å². The lowest BCUT2D eigenvalue weighted by Gasteiger charge is -2.15. The van der Waals surface area contributed by atoms with Gasteiger partial charge < -0.3 is 4.57 Å². The zero-order valence-electron chi connectivity index (χ0n) is 28.7. The van der Waals surface area contributed by atoms with Gasteiger partial charge >= 0.3 is 0 Å². The van der Waals surface area contributed by atoms with Crippen molar-refractivity contribution in [3.63, 3.8) is 0 Å². The average Bonchev–Trinajstić information content (AvgIpc) is 3.55. The Morgan fingerprint density at radius 1 is 0.340 bits per heavy atom. The lowest BCUT2D eigenvalue weighted by Crippen LogP contribution is -1.93. The summed E-state index contributed by atoms with van der Waals surface area (Å²) in [7, 11) is 0. The minimum absolute atomic E-state index is 0.645. The number of rotatable bonds is 4. The van der Waals surface area contributed by atoms with Crippen molar-refractivity contribution in [2.45, 2.75) is 0 Å². The van der Waals surface area contributed by atoms with Crippen molar-refractivity contribution >= 4 is 70.6 Å². The third-order valence-corrected chi connectivity index (χ3v) is 11.1. The third-order valence-electron chi connectivity index (χ3n) is 11.1. The summed E-state index contributed by atoms with van der Waals surface area (Å²) in [6.45, 7) is 7.62. The van der Waals surface area contributed by atoms with E-state index in [1.54, 1.807) is 0 Å². The van der Waals surface area contributed by atoms with Crippen LogP contribution in [0.3, 0.4) is 0 Å². The van der Waals surface area contributed by atoms with Crippen molar-refractivity contribution < 1.29 is 0 Å². The average molecular weight is 671 g/mol. The van der Waals surface area contributed by atoms with Crippen LogP contribution in [0.25, 0.3) is 109 Å². The minimum Gasteiger partial charge on any atom is -0.310 e. The molecule has 53 heavy (non-hydrogen) atoms. The molecule has 0 radical (unpaired) electrons. The van der Waals surface area contributed by atoms with Crippen molar-refractivity contribution in [3.8, 4) is 39.1 Å². The molecule has 0 aliphatic rings. The van der Waals surface area contributed by atoms with Crippen LogP contribution < -0.4 is 0 Å². The number of benzene rings is 10. The Labute approximate surface area is 306 Å². The van der Waals surface area contributed by atoms with Crippen molar-refractivity contribution in [3.05, 3.63) is 193 Å². The van der Waals surface area contributed by atoms with Crippen molar-refractivity contribution in [2.75, 3.05) is 0 Å². The number of aromatic nitrogens is 1. The summed E-state index contributed by atoms with van der Waals surface area (Å²) in [6.07, 6.45) is 0. The van der Waals surface area contributed by atoms with Gasteiger partial charge in [-0.05, 0) is 131 Å². The van der Waals surface area contributed by atoms with E-state index in [-0.39, 0.29) is 0 Å². The first-order valence-electron chi connectivity index (χ1n) is 18.0. The van der Waals surface area contributed by atoms with Crippen LogP contribution in [0.1, 0.15) is 0 Å². The lowest BCUT2D eigenvalue weighted by atomic mass is 9.89. The second-order valence-corrected chi connectivity index (χ2v) is 14.1. The molecular weight excluding hydrogens is 641 g/mol. The van der Waals surface area contributed by atoms with E-state index in [9.17, 15) is 0 Å². The second-order valence-electron chi connectivity index (χ2n) is 14.1. The van der Waals surface area contributed by atoms with Crippen LogP contribution in [0.5, 0.6) is 0 Å². The maximum Gasteiger partial charge on any atom is 0.189 e. The third kappa shape index (κ3) is 4.65. The van der Waals surface area contributed by atoms with Gasteiger partial charge in [-0.2, -0.15) is 0 Å². The number of hydrogen-bond acceptors (Lipinski definition) is 0. The fraction of sp³-hybridized carbons (Fsp3) is 0. The normalized spacial score (nSPS) is 11.8. The predicted octanol–water partition coefficient (Wildman–Crippen LogP) is 14.4. The smallest absolute Gasteiger partial charge is 0.189 e. The SMILES string of the molecule is [C-]#[N+]c1ccc2c3ccc(-c4ccc(-c5cc6ccc7cc(-c8ccc9ccccc9c8)cc8ccc(c5)c6c78)cc4)cc3n(-c3ccccc3)c2c1. The number of nitrogens with zero attached hydrogens (tertiary/aromatic N) is 2. The molecular formula is C51H30N2. The zero-order valence-corrected chi connectivity index (χ0v) is 28.7. The summed E-state index contributed by atoms with van der Waals surface area (Å²) >= 11 is 0. The first-order chi connectivity index (χ1) is 26.2. The fourth-order valence-electron chi connectivity index (χ4n) is 8.51. The van der Waals surface area contributed by atoms with Gasteiger partial charge in [-0.15, -0.1) is 0 Å². The van der Waals surface area contributed by atoms with Crippen LogP contribution in [0.15, 0.2) is 182 Å². The van der Waals surface area contributed by atoms with Crippen LogP contribution in [0.2, 0.25) is 0 Å². The summed E-state index contributed by atoms with van der Waals surface area (Å²) < 4.78 is 2.28. The Kier molecular flexibility index (Phi) is 6.35. The quantitative estimate of drug-likeness (QED) is 0.130. The van der Waals surface area contributed by atoms with E-state index in [4.69, 9.17) is 6.57 Å². The molecule has 0 fully saturated rings. The summed E-state index contributed by atoms with van der Waals surface area (Å²) in [6, 6.07) is 66.0. The van der Waals surface area contributed by atoms with Crippen LogP contribution in [-0.4, -0.2) is 4.57 Å². The molecule has 0 saturated heterocycles. The molecule has 11 rings (SSSR count). The molecule has 2 heteroatoms. The van der Waals surface area contributed by atoms with E-state index in [1.165, 1.54) is 76.3 Å². The topological polar surface area (TPSA) is 9.29 Å². The first kappa shape index (κ1) is 29.5. The van der Waals surface area contributed by atoms with E-state index < -0.39 is 0 Å². The molecule has 0 aliphatic carbocycles. The number of para-hydroxylation sites is 1. The van der Waals surface area contributed by atoms with Crippen molar-refractivity contribution in [1.82, 2.24) is 4.57 Å². The lowest BCUT2D eigenvalue weighted by molar-refractivity contribution is 1.18. The maximum atomic E-state index is 7.62. The molecule has 0 N–H and O–H groups in total. The standard InChI is InChI=1S/C51H30N2/c1-52-44-22-24-47-46-23-21-37(30-48(46)53(49(47)31-44)45-9-3-2-4-10-45)33-11-13-34(14-12-33)42-26-38-17-19-40-28-43(29-41-20-18-39(27-42)50(38)51(40)41)36-16-15-32-7-5-6-8-35(32)25-36/h2-31H. The van der Waals surface area contributed by atoms with Crippen LogP contribution >= 0.6 is 0 Å². The van der Waals surface area contributed by atoms with Crippen molar-refractivity contribution in [1.29, 1.82) is 0 Å². The van der Waals surface area contributed by atoms with E-state index in [2.05, 4.69) is 173 Å². The number of fused-ring (bicyclic) bond motifs is 4. The highest BCUT2D eigenvalue weighted by Gasteiger charge is 2.16. The highest BCUT2D eigenvalue weighted by Crippen LogP contribution is 2.41. The van der Waals surface area contributed by atoms with E-state index >= 15 is 0 Å².